The molecular formula is C13H12N4. The molecule has 1 heterocycles. The number of nitrogen functional groups attached to an aromatic ring is 1. The van der Waals surface area contributed by atoms with Crippen molar-refractivity contribution >= 4 is 11.4 Å². The average Bonchev–Trinajstić information content (AvgIpc) is 2.38. The Morgan fingerprint density at radius 2 is 2.18 bits per heavy atom. The first-order chi connectivity index (χ1) is 8.29. The van der Waals surface area contributed by atoms with Gasteiger partial charge in [0.1, 0.15) is 6.07 Å². The first-order valence-corrected chi connectivity index (χ1v) is 5.23. The van der Waals surface area contributed by atoms with E-state index in [1.165, 1.54) is 0 Å². The van der Waals surface area contributed by atoms with Gasteiger partial charge in [0.15, 0.2) is 0 Å². The predicted molar refractivity (Wildman–Crippen MR) is 67.1 cm³/mol. The number of anilines is 2. The Bertz CT molecular complexity index is 543. The minimum Gasteiger partial charge on any atom is -0.398 e. The van der Waals surface area contributed by atoms with Gasteiger partial charge in [0.25, 0.3) is 0 Å². The van der Waals surface area contributed by atoms with Gasteiger partial charge in [-0.05, 0) is 30.3 Å². The van der Waals surface area contributed by atoms with Crippen LogP contribution in [0.5, 0.6) is 0 Å². The quantitative estimate of drug-likeness (QED) is 0.783. The van der Waals surface area contributed by atoms with Crippen LogP contribution in [-0.2, 0) is 6.54 Å². The second kappa shape index (κ2) is 4.99. The van der Waals surface area contributed by atoms with E-state index in [1.807, 2.05) is 30.3 Å². The highest BCUT2D eigenvalue weighted by Crippen LogP contribution is 2.17. The summed E-state index contributed by atoms with van der Waals surface area (Å²) < 4.78 is 0. The molecule has 0 fully saturated rings. The summed E-state index contributed by atoms with van der Waals surface area (Å²) in [7, 11) is 0. The molecule has 0 unspecified atom stereocenters. The molecule has 2 rings (SSSR count). The van der Waals surface area contributed by atoms with Crippen LogP contribution < -0.4 is 11.1 Å². The van der Waals surface area contributed by atoms with Gasteiger partial charge in [0.05, 0.1) is 23.5 Å². The highest BCUT2D eigenvalue weighted by atomic mass is 14.9. The monoisotopic (exact) mass is 224 g/mol. The summed E-state index contributed by atoms with van der Waals surface area (Å²) in [6.07, 6.45) is 1.75. The Morgan fingerprint density at radius 3 is 2.82 bits per heavy atom. The molecule has 0 radical (unpaired) electrons. The molecule has 0 spiro atoms. The maximum absolute atomic E-state index is 8.76. The number of nitrogens with two attached hydrogens (primary N) is 1. The lowest BCUT2D eigenvalue weighted by Gasteiger charge is -2.07. The standard InChI is InChI=1S/C13H12N4/c14-8-10-4-5-11(7-13(10)15)17-9-12-3-1-2-6-16-12/h1-7,17H,9,15H2. The van der Waals surface area contributed by atoms with Gasteiger partial charge in [-0.1, -0.05) is 6.07 Å². The van der Waals surface area contributed by atoms with Gasteiger partial charge in [-0.2, -0.15) is 5.26 Å². The number of rotatable bonds is 3. The van der Waals surface area contributed by atoms with E-state index < -0.39 is 0 Å². The number of pyridine rings is 1. The molecule has 0 aliphatic rings. The number of nitrogens with zero attached hydrogens (tertiary/aromatic N) is 2. The van der Waals surface area contributed by atoms with Gasteiger partial charge < -0.3 is 11.1 Å². The van der Waals surface area contributed by atoms with E-state index >= 15 is 0 Å². The van der Waals surface area contributed by atoms with Crippen LogP contribution in [0.2, 0.25) is 0 Å². The van der Waals surface area contributed by atoms with Crippen molar-refractivity contribution in [2.24, 2.45) is 0 Å². The molecule has 3 N–H and O–H groups in total. The van der Waals surface area contributed by atoms with Gasteiger partial charge >= 0.3 is 0 Å². The number of hydrogen-bond donors (Lipinski definition) is 2. The van der Waals surface area contributed by atoms with Gasteiger partial charge in [-0.25, -0.2) is 0 Å². The molecule has 84 valence electrons. The highest BCUT2D eigenvalue weighted by molar-refractivity contribution is 5.62. The molecule has 0 aliphatic carbocycles. The Morgan fingerprint density at radius 1 is 1.29 bits per heavy atom. The van der Waals surface area contributed by atoms with Crippen LogP contribution in [-0.4, -0.2) is 4.98 Å². The third kappa shape index (κ3) is 2.73. The van der Waals surface area contributed by atoms with Crippen molar-refractivity contribution in [3.05, 3.63) is 53.9 Å². The Balaban J connectivity index is 2.06. The lowest BCUT2D eigenvalue weighted by atomic mass is 10.2. The zero-order chi connectivity index (χ0) is 12.1. The Kier molecular flexibility index (Phi) is 3.22. The minimum atomic E-state index is 0.485. The second-order valence-electron chi connectivity index (χ2n) is 3.59. The molecule has 4 nitrogen and oxygen atoms in total. The van der Waals surface area contributed by atoms with E-state index in [9.17, 15) is 0 Å². The molecule has 0 bridgehead atoms. The van der Waals surface area contributed by atoms with Gasteiger partial charge in [-0.3, -0.25) is 4.98 Å². The van der Waals surface area contributed by atoms with E-state index in [0.29, 0.717) is 17.8 Å². The van der Waals surface area contributed by atoms with Crippen LogP contribution in [0.25, 0.3) is 0 Å². The number of hydrogen-bond acceptors (Lipinski definition) is 4. The Labute approximate surface area is 99.7 Å². The van der Waals surface area contributed by atoms with Crippen molar-refractivity contribution < 1.29 is 0 Å². The lowest BCUT2D eigenvalue weighted by Crippen LogP contribution is -2.02. The number of nitrogens with one attached hydrogen (secondary N) is 1. The van der Waals surface area contributed by atoms with E-state index in [0.717, 1.165) is 11.4 Å². The largest absolute Gasteiger partial charge is 0.398 e. The summed E-state index contributed by atoms with van der Waals surface area (Å²) in [6, 6.07) is 13.1. The van der Waals surface area contributed by atoms with Crippen molar-refractivity contribution in [3.63, 3.8) is 0 Å². The van der Waals surface area contributed by atoms with Gasteiger partial charge in [0.2, 0.25) is 0 Å². The number of aromatic nitrogens is 1. The van der Waals surface area contributed by atoms with Gasteiger partial charge in [0, 0.05) is 11.9 Å². The normalized spacial score (nSPS) is 9.59. The van der Waals surface area contributed by atoms with E-state index in [2.05, 4.69) is 10.3 Å². The molecule has 1 aromatic heterocycles. The SMILES string of the molecule is N#Cc1ccc(NCc2ccccn2)cc1N. The summed E-state index contributed by atoms with van der Waals surface area (Å²) in [5, 5.41) is 12.0. The summed E-state index contributed by atoms with van der Waals surface area (Å²) in [4.78, 5) is 4.20. The molecule has 2 aromatic rings. The Hall–Kier alpha value is -2.54. The fraction of sp³-hybridized carbons (Fsp3) is 0.0769. The van der Waals surface area contributed by atoms with Crippen molar-refractivity contribution in [1.82, 2.24) is 4.98 Å². The lowest BCUT2D eigenvalue weighted by molar-refractivity contribution is 1.05. The van der Waals surface area contributed by atoms with Crippen LogP contribution in [0, 0.1) is 11.3 Å². The van der Waals surface area contributed by atoms with Crippen molar-refractivity contribution in [2.45, 2.75) is 6.54 Å². The van der Waals surface area contributed by atoms with Crippen molar-refractivity contribution in [2.75, 3.05) is 11.1 Å². The molecular weight excluding hydrogens is 212 g/mol. The van der Waals surface area contributed by atoms with Crippen LogP contribution in [0.1, 0.15) is 11.3 Å². The number of nitriles is 1. The zero-order valence-corrected chi connectivity index (χ0v) is 9.22. The first kappa shape index (κ1) is 11.0. The molecule has 4 heteroatoms. The number of benzene rings is 1. The molecule has 0 saturated heterocycles. The zero-order valence-electron chi connectivity index (χ0n) is 9.22. The topological polar surface area (TPSA) is 74.7 Å². The highest BCUT2D eigenvalue weighted by Gasteiger charge is 1.99. The van der Waals surface area contributed by atoms with Crippen LogP contribution in [0.15, 0.2) is 42.6 Å². The predicted octanol–water partition coefficient (Wildman–Crippen LogP) is 2.15. The fourth-order valence-corrected chi connectivity index (χ4v) is 1.47. The van der Waals surface area contributed by atoms with Crippen molar-refractivity contribution in [1.29, 1.82) is 5.26 Å². The maximum Gasteiger partial charge on any atom is 0.101 e. The van der Waals surface area contributed by atoms with Crippen LogP contribution in [0.4, 0.5) is 11.4 Å². The average molecular weight is 224 g/mol. The summed E-state index contributed by atoms with van der Waals surface area (Å²) in [5.41, 5.74) is 8.54. The molecule has 0 aliphatic heterocycles. The molecule has 0 atom stereocenters. The minimum absolute atomic E-state index is 0.485. The smallest absolute Gasteiger partial charge is 0.101 e. The van der Waals surface area contributed by atoms with Crippen LogP contribution >= 0.6 is 0 Å². The third-order valence-corrected chi connectivity index (χ3v) is 2.37. The maximum atomic E-state index is 8.76. The molecule has 17 heavy (non-hydrogen) atoms. The van der Waals surface area contributed by atoms with Crippen molar-refractivity contribution in [3.8, 4) is 6.07 Å². The second-order valence-corrected chi connectivity index (χ2v) is 3.59. The van der Waals surface area contributed by atoms with Crippen LogP contribution in [0.3, 0.4) is 0 Å². The summed E-state index contributed by atoms with van der Waals surface area (Å²) in [5.74, 6) is 0. The fourth-order valence-electron chi connectivity index (χ4n) is 1.47. The van der Waals surface area contributed by atoms with E-state index in [-0.39, 0.29) is 0 Å². The van der Waals surface area contributed by atoms with E-state index in [4.69, 9.17) is 11.0 Å². The third-order valence-electron chi connectivity index (χ3n) is 2.37. The molecule has 0 amide bonds. The van der Waals surface area contributed by atoms with Gasteiger partial charge in [-0.15, -0.1) is 0 Å². The summed E-state index contributed by atoms with van der Waals surface area (Å²) in [6.45, 7) is 0.631. The molecule has 0 saturated carbocycles. The first-order valence-electron chi connectivity index (χ1n) is 5.23. The molecule has 1 aromatic carbocycles. The van der Waals surface area contributed by atoms with E-state index in [1.54, 1.807) is 18.3 Å². The summed E-state index contributed by atoms with van der Waals surface area (Å²) >= 11 is 0.